The molecule has 0 fully saturated rings. The van der Waals surface area contributed by atoms with E-state index >= 15 is 0 Å². The predicted octanol–water partition coefficient (Wildman–Crippen LogP) is 8.02. The van der Waals surface area contributed by atoms with Gasteiger partial charge in [-0.2, -0.15) is 0 Å². The van der Waals surface area contributed by atoms with Gasteiger partial charge < -0.3 is 14.9 Å². The number of fused-ring (bicyclic) bond motifs is 4. The lowest BCUT2D eigenvalue weighted by Crippen LogP contribution is -2.29. The molecule has 0 saturated carbocycles. The fourth-order valence-electron chi connectivity index (χ4n) is 5.36. The first-order valence-corrected chi connectivity index (χ1v) is 13.7. The van der Waals surface area contributed by atoms with Crippen LogP contribution in [0.15, 0.2) is 133 Å². The first-order chi connectivity index (χ1) is 19.2. The molecule has 0 bridgehead atoms. The van der Waals surface area contributed by atoms with Crippen LogP contribution in [-0.4, -0.2) is 17.2 Å². The van der Waals surface area contributed by atoms with Crippen molar-refractivity contribution >= 4 is 71.9 Å². The fraction of sp³-hybridized carbons (Fsp3) is 0. The predicted molar refractivity (Wildman–Crippen MR) is 167 cm³/mol. The Hall–Kier alpha value is -4.42. The number of anilines is 3. The summed E-state index contributed by atoms with van der Waals surface area (Å²) in [6.45, 7) is 0. The lowest BCUT2D eigenvalue weighted by Gasteiger charge is -2.26. The van der Waals surface area contributed by atoms with Crippen LogP contribution in [0.3, 0.4) is 0 Å². The zero-order chi connectivity index (χ0) is 26.3. The van der Waals surface area contributed by atoms with Crippen molar-refractivity contribution < 1.29 is 10.0 Å². The normalized spacial score (nSPS) is 11.3. The van der Waals surface area contributed by atoms with E-state index in [1.165, 1.54) is 36.5 Å². The Kier molecular flexibility index (Phi) is 5.90. The molecule has 39 heavy (non-hydrogen) atoms. The lowest BCUT2D eigenvalue weighted by atomic mass is 9.80. The van der Waals surface area contributed by atoms with Crippen LogP contribution in [0.1, 0.15) is 0 Å². The van der Waals surface area contributed by atoms with Gasteiger partial charge in [-0.3, -0.25) is 0 Å². The van der Waals surface area contributed by atoms with Crippen LogP contribution in [0.2, 0.25) is 0 Å². The molecule has 0 aliphatic heterocycles. The lowest BCUT2D eigenvalue weighted by molar-refractivity contribution is 0.426. The summed E-state index contributed by atoms with van der Waals surface area (Å²) < 4.78 is 2.53. The van der Waals surface area contributed by atoms with Crippen molar-refractivity contribution in [3.05, 3.63) is 133 Å². The number of hydrogen-bond donors (Lipinski definition) is 2. The maximum absolute atomic E-state index is 9.64. The van der Waals surface area contributed by atoms with E-state index in [1.807, 2.05) is 12.1 Å². The second-order valence-electron chi connectivity index (χ2n) is 9.65. The highest BCUT2D eigenvalue weighted by Gasteiger charge is 2.17. The zero-order valence-corrected chi connectivity index (χ0v) is 21.8. The van der Waals surface area contributed by atoms with E-state index < -0.39 is 7.12 Å². The summed E-state index contributed by atoms with van der Waals surface area (Å²) in [5, 5.41) is 24.2. The summed E-state index contributed by atoms with van der Waals surface area (Å²) in [6.07, 6.45) is 0. The molecule has 2 N–H and O–H groups in total. The zero-order valence-electron chi connectivity index (χ0n) is 21.0. The Labute approximate surface area is 231 Å². The third-order valence-electron chi connectivity index (χ3n) is 7.29. The van der Waals surface area contributed by atoms with Gasteiger partial charge in [-0.15, -0.1) is 11.3 Å². The molecule has 3 nitrogen and oxygen atoms in total. The molecule has 0 aliphatic carbocycles. The van der Waals surface area contributed by atoms with Crippen molar-refractivity contribution in [3.63, 3.8) is 0 Å². The molecule has 1 heterocycles. The van der Waals surface area contributed by atoms with Gasteiger partial charge in [-0.25, -0.2) is 0 Å². The summed E-state index contributed by atoms with van der Waals surface area (Å²) in [5.74, 6) is 0. The summed E-state index contributed by atoms with van der Waals surface area (Å²) in [4.78, 5) is 2.21. The highest BCUT2D eigenvalue weighted by molar-refractivity contribution is 7.25. The van der Waals surface area contributed by atoms with Crippen LogP contribution in [0, 0.1) is 0 Å². The molecule has 0 atom stereocenters. The van der Waals surface area contributed by atoms with Crippen LogP contribution < -0.4 is 10.4 Å². The van der Waals surface area contributed by atoms with E-state index in [0.29, 0.717) is 5.46 Å². The molecular formula is C34H24BNO2S. The van der Waals surface area contributed by atoms with Crippen LogP contribution in [-0.2, 0) is 0 Å². The molecular weight excluding hydrogens is 497 g/mol. The smallest absolute Gasteiger partial charge is 0.423 e. The van der Waals surface area contributed by atoms with Crippen LogP contribution >= 0.6 is 11.3 Å². The van der Waals surface area contributed by atoms with E-state index in [2.05, 4.69) is 114 Å². The number of benzene rings is 6. The van der Waals surface area contributed by atoms with Crippen molar-refractivity contribution in [1.82, 2.24) is 0 Å². The summed E-state index contributed by atoms with van der Waals surface area (Å²) in [7, 11) is -1.50. The van der Waals surface area contributed by atoms with Crippen molar-refractivity contribution in [3.8, 4) is 11.1 Å². The van der Waals surface area contributed by atoms with Gasteiger partial charge in [0.25, 0.3) is 0 Å². The molecule has 0 spiro atoms. The first kappa shape index (κ1) is 23.7. The van der Waals surface area contributed by atoms with Gasteiger partial charge in [0.1, 0.15) is 0 Å². The van der Waals surface area contributed by atoms with Crippen LogP contribution in [0.25, 0.3) is 42.1 Å². The number of nitrogens with zero attached hydrogens (tertiary/aromatic N) is 1. The van der Waals surface area contributed by atoms with Gasteiger partial charge in [0.05, 0.1) is 0 Å². The minimum Gasteiger partial charge on any atom is -0.423 e. The minimum absolute atomic E-state index is 0.462. The molecule has 186 valence electrons. The van der Waals surface area contributed by atoms with E-state index in [1.54, 1.807) is 23.5 Å². The summed E-state index contributed by atoms with van der Waals surface area (Å²) in [5.41, 5.74) is 5.84. The van der Waals surface area contributed by atoms with Crippen molar-refractivity contribution in [1.29, 1.82) is 0 Å². The third-order valence-corrected chi connectivity index (χ3v) is 8.45. The maximum Gasteiger partial charge on any atom is 0.488 e. The maximum atomic E-state index is 9.64. The highest BCUT2D eigenvalue weighted by atomic mass is 32.1. The van der Waals surface area contributed by atoms with Gasteiger partial charge in [-0.05, 0) is 75.9 Å². The molecule has 0 unspecified atom stereocenters. The van der Waals surface area contributed by atoms with Crippen LogP contribution in [0.5, 0.6) is 0 Å². The van der Waals surface area contributed by atoms with Crippen molar-refractivity contribution in [2.75, 3.05) is 4.90 Å². The summed E-state index contributed by atoms with van der Waals surface area (Å²) in [6, 6.07) is 46.1. The Balaban J connectivity index is 1.36. The van der Waals surface area contributed by atoms with E-state index in [-0.39, 0.29) is 0 Å². The second-order valence-corrected chi connectivity index (χ2v) is 10.7. The Morgan fingerprint density at radius 3 is 1.90 bits per heavy atom. The quantitative estimate of drug-likeness (QED) is 0.226. The number of hydrogen-bond acceptors (Lipinski definition) is 4. The fourth-order valence-corrected chi connectivity index (χ4v) is 6.45. The molecule has 0 saturated heterocycles. The topological polar surface area (TPSA) is 43.7 Å². The van der Waals surface area contributed by atoms with E-state index in [9.17, 15) is 10.0 Å². The Morgan fingerprint density at radius 2 is 1.13 bits per heavy atom. The average molecular weight is 521 g/mol. The number of thiophene rings is 1. The molecule has 1 aromatic heterocycles. The standard InChI is InChI=1S/C34H24BNO2S/c37-35(38)25-14-18-27(19-15-25)36(28-20-21-34-32(22-28)31-9-3-4-11-33(31)39-34)26-16-12-24(13-17-26)30-10-5-7-23-6-1-2-8-29(23)30/h1-22,37-38H. The van der Waals surface area contributed by atoms with Crippen LogP contribution in [0.4, 0.5) is 17.1 Å². The second kappa shape index (κ2) is 9.72. The van der Waals surface area contributed by atoms with Crippen molar-refractivity contribution in [2.24, 2.45) is 0 Å². The van der Waals surface area contributed by atoms with E-state index in [4.69, 9.17) is 0 Å². The average Bonchev–Trinajstić information content (AvgIpc) is 3.36. The third kappa shape index (κ3) is 4.27. The van der Waals surface area contributed by atoms with Gasteiger partial charge >= 0.3 is 7.12 Å². The van der Waals surface area contributed by atoms with Gasteiger partial charge in [-0.1, -0.05) is 84.9 Å². The molecule has 5 heteroatoms. The van der Waals surface area contributed by atoms with Gasteiger partial charge in [0.15, 0.2) is 0 Å². The molecule has 0 amide bonds. The van der Waals surface area contributed by atoms with Gasteiger partial charge in [0, 0.05) is 37.2 Å². The highest BCUT2D eigenvalue weighted by Crippen LogP contribution is 2.41. The Morgan fingerprint density at radius 1 is 0.513 bits per heavy atom. The van der Waals surface area contributed by atoms with Crippen molar-refractivity contribution in [2.45, 2.75) is 0 Å². The monoisotopic (exact) mass is 521 g/mol. The Bertz CT molecular complexity index is 1940. The first-order valence-electron chi connectivity index (χ1n) is 12.9. The molecule has 0 radical (unpaired) electrons. The SMILES string of the molecule is OB(O)c1ccc(N(c2ccc(-c3cccc4ccccc34)cc2)c2ccc3sc4ccccc4c3c2)cc1. The van der Waals surface area contributed by atoms with E-state index in [0.717, 1.165) is 22.6 Å². The molecule has 0 aliphatic rings. The molecule has 7 aromatic rings. The largest absolute Gasteiger partial charge is 0.488 e. The summed E-state index contributed by atoms with van der Waals surface area (Å²) >= 11 is 1.81. The molecule has 6 aromatic carbocycles. The molecule has 7 rings (SSSR count). The minimum atomic E-state index is -1.50. The van der Waals surface area contributed by atoms with Gasteiger partial charge in [0.2, 0.25) is 0 Å². The number of rotatable bonds is 5.